The summed E-state index contributed by atoms with van der Waals surface area (Å²) in [5.74, 6) is -0.373. The summed E-state index contributed by atoms with van der Waals surface area (Å²) in [6.45, 7) is 0.738. The number of ether oxygens (including phenoxy) is 1. The number of amides is 1. The van der Waals surface area contributed by atoms with Gasteiger partial charge in [-0.3, -0.25) is 14.9 Å². The highest BCUT2D eigenvalue weighted by Crippen LogP contribution is 2.46. The summed E-state index contributed by atoms with van der Waals surface area (Å²) in [4.78, 5) is 21.4. The molecule has 8 heteroatoms. The summed E-state index contributed by atoms with van der Waals surface area (Å²) in [7, 11) is 0. The van der Waals surface area contributed by atoms with Crippen molar-refractivity contribution in [2.75, 3.05) is 13.1 Å². The first-order valence-corrected chi connectivity index (χ1v) is 9.47. The number of hydrogen-bond donors (Lipinski definition) is 2. The fourth-order valence-corrected chi connectivity index (χ4v) is 3.94. The van der Waals surface area contributed by atoms with Crippen molar-refractivity contribution in [3.8, 4) is 0 Å². The van der Waals surface area contributed by atoms with Crippen molar-refractivity contribution >= 4 is 6.09 Å². The molecule has 2 aromatic heterocycles. The Morgan fingerprint density at radius 2 is 1.67 bits per heavy atom. The fraction of sp³-hybridized carbons (Fsp3) is 0.227. The molecule has 4 rings (SSSR count). The van der Waals surface area contributed by atoms with Gasteiger partial charge in [0.25, 0.3) is 0 Å². The molecule has 3 aromatic rings. The number of likely N-dealkylation sites (tertiary alicyclic amines) is 1. The van der Waals surface area contributed by atoms with Gasteiger partial charge in [0.1, 0.15) is 17.5 Å². The number of benzene rings is 1. The lowest BCUT2D eigenvalue weighted by Crippen LogP contribution is -2.59. The summed E-state index contributed by atoms with van der Waals surface area (Å²) in [5, 5.41) is 12.2. The van der Waals surface area contributed by atoms with Gasteiger partial charge in [-0.25, -0.2) is 9.18 Å². The number of hydrogen-bond acceptors (Lipinski definition) is 6. The van der Waals surface area contributed by atoms with Crippen LogP contribution in [0.25, 0.3) is 0 Å². The molecule has 1 fully saturated rings. The fourth-order valence-electron chi connectivity index (χ4n) is 3.94. The second-order valence-corrected chi connectivity index (χ2v) is 7.22. The summed E-state index contributed by atoms with van der Waals surface area (Å²) >= 11 is 0. The van der Waals surface area contributed by atoms with E-state index >= 15 is 0 Å². The molecule has 0 aliphatic carbocycles. The van der Waals surface area contributed by atoms with Crippen LogP contribution in [-0.2, 0) is 10.3 Å². The monoisotopic (exact) mass is 408 g/mol. The molecule has 7 nitrogen and oxygen atoms in total. The van der Waals surface area contributed by atoms with Gasteiger partial charge in [-0.15, -0.1) is 0 Å². The molecule has 3 heterocycles. The molecule has 0 radical (unpaired) electrons. The lowest BCUT2D eigenvalue weighted by atomic mass is 9.76. The third-order valence-corrected chi connectivity index (χ3v) is 5.31. The van der Waals surface area contributed by atoms with Crippen molar-refractivity contribution in [2.24, 2.45) is 5.73 Å². The topological polar surface area (TPSA) is 102 Å². The SMILES string of the molecule is NC(=O)OC1CN(C(c2ccc(F)cc2)C(O)(c2cccnc2)c2cccnc2)C1. The lowest BCUT2D eigenvalue weighted by Gasteiger charge is -2.49. The molecular formula is C22H21FN4O3. The molecule has 0 saturated carbocycles. The van der Waals surface area contributed by atoms with Crippen molar-refractivity contribution in [1.29, 1.82) is 0 Å². The molecule has 1 unspecified atom stereocenters. The van der Waals surface area contributed by atoms with E-state index in [9.17, 15) is 14.3 Å². The predicted octanol–water partition coefficient (Wildman–Crippen LogP) is 2.37. The van der Waals surface area contributed by atoms with Crippen LogP contribution in [0.1, 0.15) is 22.7 Å². The van der Waals surface area contributed by atoms with E-state index in [4.69, 9.17) is 10.5 Å². The first-order valence-electron chi connectivity index (χ1n) is 9.47. The number of halogens is 1. The van der Waals surface area contributed by atoms with Crippen LogP contribution in [0.3, 0.4) is 0 Å². The number of carbonyl (C=O) groups excluding carboxylic acids is 1. The molecule has 1 atom stereocenters. The second kappa shape index (κ2) is 8.17. The van der Waals surface area contributed by atoms with Crippen molar-refractivity contribution in [1.82, 2.24) is 14.9 Å². The van der Waals surface area contributed by atoms with E-state index < -0.39 is 17.7 Å². The van der Waals surface area contributed by atoms with Crippen molar-refractivity contribution in [3.63, 3.8) is 0 Å². The van der Waals surface area contributed by atoms with Crippen LogP contribution in [-0.4, -0.2) is 45.3 Å². The van der Waals surface area contributed by atoms with E-state index in [0.717, 1.165) is 0 Å². The summed E-state index contributed by atoms with van der Waals surface area (Å²) in [6.07, 6.45) is 5.23. The van der Waals surface area contributed by atoms with Gasteiger partial charge in [-0.2, -0.15) is 0 Å². The first-order chi connectivity index (χ1) is 14.5. The van der Waals surface area contributed by atoms with Crippen molar-refractivity contribution in [2.45, 2.75) is 17.7 Å². The largest absolute Gasteiger partial charge is 0.444 e. The lowest BCUT2D eigenvalue weighted by molar-refractivity contribution is -0.0958. The van der Waals surface area contributed by atoms with Crippen LogP contribution in [0.4, 0.5) is 9.18 Å². The van der Waals surface area contributed by atoms with Crippen molar-refractivity contribution in [3.05, 3.63) is 95.8 Å². The number of aliphatic hydroxyl groups is 1. The Hall–Kier alpha value is -3.36. The van der Waals surface area contributed by atoms with E-state index in [2.05, 4.69) is 9.97 Å². The molecular weight excluding hydrogens is 387 g/mol. The zero-order valence-corrected chi connectivity index (χ0v) is 16.1. The third-order valence-electron chi connectivity index (χ3n) is 5.31. The highest BCUT2D eigenvalue weighted by molar-refractivity contribution is 5.65. The highest BCUT2D eigenvalue weighted by Gasteiger charge is 2.49. The zero-order chi connectivity index (χ0) is 21.1. The second-order valence-electron chi connectivity index (χ2n) is 7.22. The molecule has 154 valence electrons. The number of nitrogens with two attached hydrogens (primary N) is 1. The molecule has 1 saturated heterocycles. The van der Waals surface area contributed by atoms with Crippen LogP contribution in [0.2, 0.25) is 0 Å². The minimum atomic E-state index is -1.54. The highest BCUT2D eigenvalue weighted by atomic mass is 19.1. The van der Waals surface area contributed by atoms with Gasteiger partial charge >= 0.3 is 6.09 Å². The van der Waals surface area contributed by atoms with E-state index in [0.29, 0.717) is 29.8 Å². The Morgan fingerprint density at radius 1 is 1.10 bits per heavy atom. The van der Waals surface area contributed by atoms with Gasteiger partial charge in [-0.05, 0) is 29.8 Å². The minimum Gasteiger partial charge on any atom is -0.444 e. The van der Waals surface area contributed by atoms with Crippen LogP contribution in [0.15, 0.2) is 73.3 Å². The van der Waals surface area contributed by atoms with Gasteiger partial charge in [0.05, 0.1) is 6.04 Å². The van der Waals surface area contributed by atoms with Crippen LogP contribution >= 0.6 is 0 Å². The maximum atomic E-state index is 13.6. The Labute approximate surface area is 173 Å². The average Bonchev–Trinajstić information content (AvgIpc) is 2.74. The molecule has 1 aromatic carbocycles. The van der Waals surface area contributed by atoms with Crippen molar-refractivity contribution < 1.29 is 19.0 Å². The van der Waals surface area contributed by atoms with Gasteiger partial charge in [-0.1, -0.05) is 24.3 Å². The maximum Gasteiger partial charge on any atom is 0.404 e. The normalized spacial score (nSPS) is 15.9. The Balaban J connectivity index is 1.82. The number of primary amides is 1. The quantitative estimate of drug-likeness (QED) is 0.649. The average molecular weight is 408 g/mol. The number of nitrogens with zero attached hydrogens (tertiary/aromatic N) is 3. The van der Waals surface area contributed by atoms with Crippen LogP contribution in [0, 0.1) is 5.82 Å². The van der Waals surface area contributed by atoms with E-state index in [1.807, 2.05) is 4.90 Å². The number of carbonyl (C=O) groups is 1. The standard InChI is InChI=1S/C22H21FN4O3/c23-18-7-5-15(6-8-18)20(27-13-19(14-27)30-21(24)28)22(29,16-3-1-9-25-11-16)17-4-2-10-26-12-17/h1-12,19-20,29H,13-14H2,(H2,24,28). The van der Waals surface area contributed by atoms with Gasteiger partial charge in [0.2, 0.25) is 0 Å². The summed E-state index contributed by atoms with van der Waals surface area (Å²) in [5.41, 5.74) is 5.41. The number of rotatable bonds is 6. The third kappa shape index (κ3) is 3.74. The Bertz CT molecular complexity index is 956. The number of aromatic nitrogens is 2. The molecule has 0 bridgehead atoms. The smallest absolute Gasteiger partial charge is 0.404 e. The summed E-state index contributed by atoms with van der Waals surface area (Å²) in [6, 6.07) is 12.4. The maximum absolute atomic E-state index is 13.6. The molecule has 30 heavy (non-hydrogen) atoms. The molecule has 1 aliphatic heterocycles. The molecule has 3 N–H and O–H groups in total. The van der Waals surface area contributed by atoms with Gasteiger partial charge in [0, 0.05) is 49.0 Å². The Kier molecular flexibility index (Phi) is 5.43. The molecule has 0 spiro atoms. The number of pyridine rings is 2. The molecule has 1 aliphatic rings. The minimum absolute atomic E-state index is 0.369. The van der Waals surface area contributed by atoms with Gasteiger partial charge in [0.15, 0.2) is 0 Å². The first kappa shape index (κ1) is 19.9. The summed E-state index contributed by atoms with van der Waals surface area (Å²) < 4.78 is 18.7. The van der Waals surface area contributed by atoms with Crippen LogP contribution in [0.5, 0.6) is 0 Å². The Morgan fingerprint density at radius 3 is 2.13 bits per heavy atom. The molecule has 1 amide bonds. The van der Waals surface area contributed by atoms with Crippen LogP contribution < -0.4 is 5.73 Å². The van der Waals surface area contributed by atoms with E-state index in [1.54, 1.807) is 61.2 Å². The van der Waals surface area contributed by atoms with E-state index in [1.165, 1.54) is 12.1 Å². The predicted molar refractivity (Wildman–Crippen MR) is 107 cm³/mol. The van der Waals surface area contributed by atoms with Gasteiger partial charge < -0.3 is 15.6 Å². The zero-order valence-electron chi connectivity index (χ0n) is 16.1. The van der Waals surface area contributed by atoms with E-state index in [-0.39, 0.29) is 11.9 Å².